The third kappa shape index (κ3) is 5.99. The van der Waals surface area contributed by atoms with Gasteiger partial charge in [0, 0.05) is 17.6 Å². The zero-order valence-electron chi connectivity index (χ0n) is 20.2. The Kier molecular flexibility index (Phi) is 7.74. The van der Waals surface area contributed by atoms with Crippen LogP contribution < -0.4 is 0 Å². The van der Waals surface area contributed by atoms with E-state index in [0.717, 1.165) is 4.68 Å². The highest BCUT2D eigenvalue weighted by molar-refractivity contribution is 7.91. The Hall–Kier alpha value is -3.84. The van der Waals surface area contributed by atoms with Gasteiger partial charge in [-0.1, -0.05) is 41.9 Å². The van der Waals surface area contributed by atoms with Crippen molar-refractivity contribution in [3.05, 3.63) is 100 Å². The highest BCUT2D eigenvalue weighted by Crippen LogP contribution is 2.37. The molecule has 40 heavy (non-hydrogen) atoms. The lowest BCUT2D eigenvalue weighted by Gasteiger charge is -2.14. The normalized spacial score (nSPS) is 12.4. The Morgan fingerprint density at radius 1 is 0.900 bits per heavy atom. The molecule has 0 unspecified atom stereocenters. The number of aryl methyl sites for hydroxylation is 1. The number of hydrogen-bond donors (Lipinski definition) is 0. The molecule has 6 nitrogen and oxygen atoms in total. The lowest BCUT2D eigenvalue weighted by atomic mass is 10.0. The molecular formula is C26H17ClF6N2O4S. The number of nitrogens with zero attached hydrogens (tertiary/aromatic N) is 2. The molecule has 0 saturated heterocycles. The first-order valence-electron chi connectivity index (χ1n) is 11.2. The van der Waals surface area contributed by atoms with Crippen molar-refractivity contribution < 1.29 is 44.3 Å². The van der Waals surface area contributed by atoms with E-state index in [9.17, 15) is 39.6 Å². The van der Waals surface area contributed by atoms with Gasteiger partial charge in [-0.2, -0.15) is 31.4 Å². The molecule has 4 rings (SSSR count). The van der Waals surface area contributed by atoms with E-state index in [2.05, 4.69) is 5.10 Å². The monoisotopic (exact) mass is 602 g/mol. The predicted molar refractivity (Wildman–Crippen MR) is 131 cm³/mol. The van der Waals surface area contributed by atoms with Gasteiger partial charge in [-0.05, 0) is 42.5 Å². The van der Waals surface area contributed by atoms with Gasteiger partial charge in [0.2, 0.25) is 9.84 Å². The van der Waals surface area contributed by atoms with Crippen molar-refractivity contribution in [2.45, 2.75) is 28.9 Å². The van der Waals surface area contributed by atoms with Crippen molar-refractivity contribution in [2.75, 3.05) is 0 Å². The van der Waals surface area contributed by atoms with Crippen molar-refractivity contribution in [3.63, 3.8) is 0 Å². The molecule has 1 heterocycles. The van der Waals surface area contributed by atoms with Crippen molar-refractivity contribution in [2.24, 2.45) is 7.05 Å². The summed E-state index contributed by atoms with van der Waals surface area (Å²) in [5.41, 5.74) is -4.07. The summed E-state index contributed by atoms with van der Waals surface area (Å²) in [4.78, 5) is 12.6. The van der Waals surface area contributed by atoms with E-state index < -0.39 is 56.5 Å². The van der Waals surface area contributed by atoms with Gasteiger partial charge in [0.05, 0.1) is 27.1 Å². The van der Waals surface area contributed by atoms with Gasteiger partial charge in [0.15, 0.2) is 5.03 Å². The van der Waals surface area contributed by atoms with Crippen LogP contribution in [0.5, 0.6) is 0 Å². The fourth-order valence-electron chi connectivity index (χ4n) is 3.87. The molecule has 14 heteroatoms. The average molecular weight is 603 g/mol. The predicted octanol–water partition coefficient (Wildman–Crippen LogP) is 6.97. The molecule has 0 atom stereocenters. The third-order valence-electron chi connectivity index (χ3n) is 5.68. The molecule has 0 radical (unpaired) electrons. The lowest BCUT2D eigenvalue weighted by molar-refractivity contribution is -0.143. The zero-order chi connectivity index (χ0) is 29.5. The molecule has 0 aliphatic heterocycles. The van der Waals surface area contributed by atoms with E-state index >= 15 is 0 Å². The van der Waals surface area contributed by atoms with Crippen LogP contribution in [0.1, 0.15) is 27.0 Å². The lowest BCUT2D eigenvalue weighted by Crippen LogP contribution is -2.15. The van der Waals surface area contributed by atoms with Crippen molar-refractivity contribution >= 4 is 27.4 Å². The van der Waals surface area contributed by atoms with Crippen LogP contribution in [0, 0.1) is 0 Å². The number of benzene rings is 3. The number of aromatic nitrogens is 2. The number of carbonyl (C=O) groups excluding carboxylic acids is 1. The highest BCUT2D eigenvalue weighted by atomic mass is 35.5. The second-order valence-corrected chi connectivity index (χ2v) is 10.8. The second-order valence-electron chi connectivity index (χ2n) is 8.45. The van der Waals surface area contributed by atoms with Crippen LogP contribution in [0.4, 0.5) is 26.3 Å². The van der Waals surface area contributed by atoms with Crippen LogP contribution in [-0.4, -0.2) is 24.2 Å². The summed E-state index contributed by atoms with van der Waals surface area (Å²) >= 11 is 5.87. The molecule has 0 N–H and O–H groups in total. The summed E-state index contributed by atoms with van der Waals surface area (Å²) < 4.78 is 113. The van der Waals surface area contributed by atoms with E-state index in [1.807, 2.05) is 0 Å². The van der Waals surface area contributed by atoms with E-state index in [0.29, 0.717) is 5.56 Å². The number of hydrogen-bond acceptors (Lipinski definition) is 5. The molecule has 0 bridgehead atoms. The molecule has 1 aromatic heterocycles. The minimum Gasteiger partial charge on any atom is -0.457 e. The fourth-order valence-corrected chi connectivity index (χ4v) is 5.58. The van der Waals surface area contributed by atoms with Gasteiger partial charge in [-0.15, -0.1) is 0 Å². The van der Waals surface area contributed by atoms with E-state index in [-0.39, 0.29) is 39.4 Å². The standard InChI is InChI=1S/C26H17ClF6N2O4S/c1-35-23(40(37,38)20-9-7-19(27)8-10-20)21(22(34-35)15-5-3-2-4-6-15)14-39-24(36)16-11-17(25(28,29)30)13-18(12-16)26(31,32)33/h2-13H,14H2,1H3. The Labute approximate surface area is 228 Å². The average Bonchev–Trinajstić information content (AvgIpc) is 3.23. The largest absolute Gasteiger partial charge is 0.457 e. The minimum atomic E-state index is -5.18. The van der Waals surface area contributed by atoms with Crippen LogP contribution in [0.15, 0.2) is 82.7 Å². The number of carbonyl (C=O) groups is 1. The van der Waals surface area contributed by atoms with Crippen LogP contribution in [0.25, 0.3) is 11.3 Å². The van der Waals surface area contributed by atoms with Gasteiger partial charge >= 0.3 is 18.3 Å². The van der Waals surface area contributed by atoms with Crippen LogP contribution in [-0.2, 0) is 40.6 Å². The number of sulfone groups is 1. The maximum Gasteiger partial charge on any atom is 0.416 e. The Balaban J connectivity index is 1.79. The van der Waals surface area contributed by atoms with E-state index in [4.69, 9.17) is 16.3 Å². The SMILES string of the molecule is Cn1nc(-c2ccccc2)c(COC(=O)c2cc(C(F)(F)F)cc(C(F)(F)F)c2)c1S(=O)(=O)c1ccc(Cl)cc1. The first-order valence-corrected chi connectivity index (χ1v) is 13.0. The van der Waals surface area contributed by atoms with Crippen LogP contribution in [0.3, 0.4) is 0 Å². The summed E-state index contributed by atoms with van der Waals surface area (Å²) in [5, 5.41) is 4.12. The highest BCUT2D eigenvalue weighted by Gasteiger charge is 2.38. The van der Waals surface area contributed by atoms with Gasteiger partial charge < -0.3 is 4.74 Å². The number of esters is 1. The summed E-state index contributed by atoms with van der Waals surface area (Å²) in [7, 11) is -2.99. The minimum absolute atomic E-state index is 0.0726. The fraction of sp³-hybridized carbons (Fsp3) is 0.154. The first kappa shape index (κ1) is 29.2. The van der Waals surface area contributed by atoms with Gasteiger partial charge in [0.25, 0.3) is 0 Å². The Morgan fingerprint density at radius 2 is 1.45 bits per heavy atom. The van der Waals surface area contributed by atoms with Crippen molar-refractivity contribution in [1.29, 1.82) is 0 Å². The molecule has 0 amide bonds. The molecule has 0 aliphatic rings. The van der Waals surface area contributed by atoms with E-state index in [1.54, 1.807) is 30.3 Å². The topological polar surface area (TPSA) is 78.3 Å². The maximum atomic E-state index is 13.6. The summed E-state index contributed by atoms with van der Waals surface area (Å²) in [6.07, 6.45) is -10.4. The van der Waals surface area contributed by atoms with E-state index in [1.165, 1.54) is 31.3 Å². The molecular weight excluding hydrogens is 586 g/mol. The number of ether oxygens (including phenoxy) is 1. The van der Waals surface area contributed by atoms with Crippen LogP contribution >= 0.6 is 11.6 Å². The molecule has 210 valence electrons. The summed E-state index contributed by atoms with van der Waals surface area (Å²) in [5.74, 6) is -1.53. The Bertz CT molecular complexity index is 1630. The molecule has 3 aromatic carbocycles. The molecule has 0 spiro atoms. The maximum absolute atomic E-state index is 13.6. The molecule has 0 saturated carbocycles. The second kappa shape index (κ2) is 10.6. The van der Waals surface area contributed by atoms with Crippen molar-refractivity contribution in [1.82, 2.24) is 9.78 Å². The van der Waals surface area contributed by atoms with Gasteiger partial charge in [0.1, 0.15) is 12.3 Å². The summed E-state index contributed by atoms with van der Waals surface area (Å²) in [6.45, 7) is -0.837. The van der Waals surface area contributed by atoms with Gasteiger partial charge in [-0.25, -0.2) is 13.2 Å². The molecule has 0 aliphatic carbocycles. The number of halogens is 7. The molecule has 4 aromatic rings. The third-order valence-corrected chi connectivity index (χ3v) is 7.85. The quantitative estimate of drug-likeness (QED) is 0.176. The number of rotatable bonds is 6. The number of alkyl halides is 6. The molecule has 0 fully saturated rings. The smallest absolute Gasteiger partial charge is 0.416 e. The van der Waals surface area contributed by atoms with Crippen LogP contribution in [0.2, 0.25) is 5.02 Å². The summed E-state index contributed by atoms with van der Waals surface area (Å²) in [6, 6.07) is 13.6. The first-order chi connectivity index (χ1) is 18.6. The Morgan fingerprint density at radius 3 is 1.98 bits per heavy atom. The van der Waals surface area contributed by atoms with Gasteiger partial charge in [-0.3, -0.25) is 4.68 Å². The zero-order valence-corrected chi connectivity index (χ0v) is 21.8. The van der Waals surface area contributed by atoms with Crippen molar-refractivity contribution in [3.8, 4) is 11.3 Å².